The number of halogens is 1. The van der Waals surface area contributed by atoms with Crippen LogP contribution in [0.15, 0.2) is 30.9 Å². The highest BCUT2D eigenvalue weighted by atomic mass is 35.5. The number of rotatable bonds is 4. The molecule has 4 rings (SSSR count). The minimum absolute atomic E-state index is 0.196. The smallest absolute Gasteiger partial charge is 0.183 e. The van der Waals surface area contributed by atoms with Gasteiger partial charge >= 0.3 is 0 Å². The number of aliphatic hydroxyl groups is 1. The molecule has 0 aliphatic carbocycles. The number of nitrogens with zero attached hydrogens (tertiary/aromatic N) is 3. The van der Waals surface area contributed by atoms with Gasteiger partial charge in [-0.15, -0.1) is 0 Å². The summed E-state index contributed by atoms with van der Waals surface area (Å²) in [6, 6.07) is 1.19. The maximum absolute atomic E-state index is 10.9. The number of nitrogens with one attached hydrogen (secondary N) is 1. The van der Waals surface area contributed by atoms with Crippen LogP contribution in [-0.2, 0) is 16.0 Å². The van der Waals surface area contributed by atoms with E-state index in [-0.39, 0.29) is 18.2 Å². The van der Waals surface area contributed by atoms with Gasteiger partial charge in [-0.25, -0.2) is 0 Å². The zero-order chi connectivity index (χ0) is 16.7. The van der Waals surface area contributed by atoms with E-state index in [0.717, 1.165) is 11.1 Å². The third kappa shape index (κ3) is 2.82. The monoisotopic (exact) mass is 350 g/mol. The van der Waals surface area contributed by atoms with Crippen molar-refractivity contribution in [1.29, 1.82) is 0 Å². The molecule has 0 amide bonds. The zero-order valence-corrected chi connectivity index (χ0v) is 13.9. The molecule has 2 saturated heterocycles. The first-order chi connectivity index (χ1) is 11.6. The molecule has 2 aliphatic rings. The average molecular weight is 351 g/mol. The van der Waals surface area contributed by atoms with Gasteiger partial charge in [-0.05, 0) is 24.1 Å². The predicted molar refractivity (Wildman–Crippen MR) is 86.5 cm³/mol. The molecule has 2 N–H and O–H groups in total. The first-order valence-electron chi connectivity index (χ1n) is 7.91. The Bertz CT molecular complexity index is 725. The van der Waals surface area contributed by atoms with Crippen molar-refractivity contribution in [2.24, 2.45) is 0 Å². The molecule has 0 aromatic carbocycles. The van der Waals surface area contributed by atoms with E-state index in [9.17, 15) is 5.11 Å². The second kappa shape index (κ2) is 6.42. The second-order valence-electron chi connectivity index (χ2n) is 6.23. The van der Waals surface area contributed by atoms with Gasteiger partial charge in [0.2, 0.25) is 0 Å². The van der Waals surface area contributed by atoms with Crippen molar-refractivity contribution in [3.63, 3.8) is 0 Å². The van der Waals surface area contributed by atoms with E-state index in [2.05, 4.69) is 15.4 Å². The number of hydrogen-bond donors (Lipinski definition) is 2. The highest BCUT2D eigenvalue weighted by molar-refractivity contribution is 6.31. The number of fused-ring (bicyclic) bond motifs is 2. The Morgan fingerprint density at radius 1 is 1.46 bits per heavy atom. The molecule has 2 aromatic heterocycles. The quantitative estimate of drug-likeness (QED) is 0.858. The van der Waals surface area contributed by atoms with Crippen molar-refractivity contribution < 1.29 is 14.6 Å². The van der Waals surface area contributed by atoms with Crippen LogP contribution in [0.4, 0.5) is 0 Å². The molecule has 8 heteroatoms. The Morgan fingerprint density at radius 2 is 2.33 bits per heavy atom. The standard InChI is InChI=1S/C16H19ClN4O3/c1-9-4-20-21(7-9)14-15(22)13(12-8-23-16(14)24-12)19-5-10-2-3-18-6-11(10)17/h2-4,6-7,12-16,19,22H,5,8H2,1H3/t12-,13-,14-,15+,16-/m1/s1. The van der Waals surface area contributed by atoms with Crippen LogP contribution in [0.1, 0.15) is 17.2 Å². The molecule has 2 bridgehead atoms. The van der Waals surface area contributed by atoms with Gasteiger partial charge in [0.25, 0.3) is 0 Å². The SMILES string of the molecule is Cc1cnn([C@H]2[C@@H]3OC[C@@H](O3)[C@@H](NCc3ccncc3Cl)[C@@H]2O)c1. The van der Waals surface area contributed by atoms with Crippen LogP contribution >= 0.6 is 11.6 Å². The van der Waals surface area contributed by atoms with E-state index in [0.29, 0.717) is 18.2 Å². The molecule has 5 atom stereocenters. The predicted octanol–water partition coefficient (Wildman–Crippen LogP) is 1.06. The van der Waals surface area contributed by atoms with Crippen LogP contribution in [0, 0.1) is 6.92 Å². The molecule has 0 unspecified atom stereocenters. The van der Waals surface area contributed by atoms with Crippen LogP contribution in [0.25, 0.3) is 0 Å². The maximum Gasteiger partial charge on any atom is 0.183 e. The fraction of sp³-hybridized carbons (Fsp3) is 0.500. The molecule has 2 aromatic rings. The highest BCUT2D eigenvalue weighted by Gasteiger charge is 2.51. The summed E-state index contributed by atoms with van der Waals surface area (Å²) in [6.07, 6.45) is 5.58. The van der Waals surface area contributed by atoms with E-state index in [1.807, 2.05) is 19.2 Å². The lowest BCUT2D eigenvalue weighted by Crippen LogP contribution is -2.57. The average Bonchev–Trinajstić information content (AvgIpc) is 3.17. The lowest BCUT2D eigenvalue weighted by atomic mass is 9.96. The summed E-state index contributed by atoms with van der Waals surface area (Å²) < 4.78 is 13.4. The van der Waals surface area contributed by atoms with E-state index in [1.54, 1.807) is 23.3 Å². The summed E-state index contributed by atoms with van der Waals surface area (Å²) in [5, 5.41) is 19.2. The molecule has 4 heterocycles. The molecule has 2 fully saturated rings. The fourth-order valence-electron chi connectivity index (χ4n) is 3.31. The summed E-state index contributed by atoms with van der Waals surface area (Å²) in [4.78, 5) is 3.98. The van der Waals surface area contributed by atoms with Crippen LogP contribution in [0.5, 0.6) is 0 Å². The number of aryl methyl sites for hydroxylation is 1. The van der Waals surface area contributed by atoms with Gasteiger partial charge in [0.05, 0.1) is 30.0 Å². The Balaban J connectivity index is 1.53. The molecule has 0 radical (unpaired) electrons. The van der Waals surface area contributed by atoms with Crippen molar-refractivity contribution in [1.82, 2.24) is 20.1 Å². The van der Waals surface area contributed by atoms with Gasteiger partial charge in [0.1, 0.15) is 12.1 Å². The first kappa shape index (κ1) is 16.0. The number of ether oxygens (including phenoxy) is 2. The van der Waals surface area contributed by atoms with Crippen molar-refractivity contribution in [2.75, 3.05) is 6.61 Å². The Morgan fingerprint density at radius 3 is 3.08 bits per heavy atom. The summed E-state index contributed by atoms with van der Waals surface area (Å²) >= 11 is 6.15. The fourth-order valence-corrected chi connectivity index (χ4v) is 3.49. The van der Waals surface area contributed by atoms with Crippen LogP contribution in [-0.4, -0.2) is 51.0 Å². The molecular weight excluding hydrogens is 332 g/mol. The number of aliphatic hydroxyl groups excluding tert-OH is 1. The number of pyridine rings is 1. The first-order valence-corrected chi connectivity index (χ1v) is 8.29. The summed E-state index contributed by atoms with van der Waals surface area (Å²) in [7, 11) is 0. The molecule has 0 spiro atoms. The second-order valence-corrected chi connectivity index (χ2v) is 6.64. The topological polar surface area (TPSA) is 81.4 Å². The van der Waals surface area contributed by atoms with Crippen LogP contribution in [0.3, 0.4) is 0 Å². The largest absolute Gasteiger partial charge is 0.389 e. The van der Waals surface area contributed by atoms with Crippen molar-refractivity contribution >= 4 is 11.6 Å². The maximum atomic E-state index is 10.9. The number of hydrogen-bond acceptors (Lipinski definition) is 6. The number of aromatic nitrogens is 3. The highest BCUT2D eigenvalue weighted by Crippen LogP contribution is 2.35. The van der Waals surface area contributed by atoms with Gasteiger partial charge in [-0.3, -0.25) is 9.67 Å². The van der Waals surface area contributed by atoms with Crippen molar-refractivity contribution in [2.45, 2.75) is 44.1 Å². The molecule has 128 valence electrons. The van der Waals surface area contributed by atoms with Gasteiger partial charge in [-0.2, -0.15) is 5.10 Å². The molecule has 0 saturated carbocycles. The summed E-state index contributed by atoms with van der Waals surface area (Å²) in [5.74, 6) is 0. The molecule has 2 aliphatic heterocycles. The third-order valence-electron chi connectivity index (χ3n) is 4.55. The molecule has 7 nitrogen and oxygen atoms in total. The summed E-state index contributed by atoms with van der Waals surface area (Å²) in [6.45, 7) is 2.91. The zero-order valence-electron chi connectivity index (χ0n) is 13.2. The third-order valence-corrected chi connectivity index (χ3v) is 4.89. The van der Waals surface area contributed by atoms with Gasteiger partial charge < -0.3 is 19.9 Å². The Hall–Kier alpha value is -1.51. The summed E-state index contributed by atoms with van der Waals surface area (Å²) in [5.41, 5.74) is 1.95. The Labute approximate surface area is 144 Å². The van der Waals surface area contributed by atoms with Crippen molar-refractivity contribution in [3.05, 3.63) is 47.0 Å². The minimum Gasteiger partial charge on any atom is -0.389 e. The minimum atomic E-state index is -0.684. The van der Waals surface area contributed by atoms with Gasteiger partial charge in [0, 0.05) is 25.1 Å². The molecular formula is C16H19ClN4O3. The van der Waals surface area contributed by atoms with E-state index < -0.39 is 12.4 Å². The van der Waals surface area contributed by atoms with Crippen molar-refractivity contribution in [3.8, 4) is 0 Å². The van der Waals surface area contributed by atoms with E-state index in [4.69, 9.17) is 21.1 Å². The van der Waals surface area contributed by atoms with Crippen LogP contribution in [0.2, 0.25) is 5.02 Å². The lowest BCUT2D eigenvalue weighted by molar-refractivity contribution is -0.168. The lowest BCUT2D eigenvalue weighted by Gasteiger charge is -2.38. The molecule has 24 heavy (non-hydrogen) atoms. The van der Waals surface area contributed by atoms with E-state index in [1.165, 1.54) is 0 Å². The Kier molecular flexibility index (Phi) is 4.28. The van der Waals surface area contributed by atoms with Gasteiger partial charge in [-0.1, -0.05) is 11.6 Å². The van der Waals surface area contributed by atoms with Gasteiger partial charge in [0.15, 0.2) is 6.29 Å². The van der Waals surface area contributed by atoms with Crippen LogP contribution < -0.4 is 5.32 Å². The van der Waals surface area contributed by atoms with E-state index >= 15 is 0 Å². The normalized spacial score (nSPS) is 32.2.